The highest BCUT2D eigenvalue weighted by Crippen LogP contribution is 2.20. The molecule has 1 aromatic carbocycles. The third-order valence-corrected chi connectivity index (χ3v) is 3.78. The van der Waals surface area contributed by atoms with Gasteiger partial charge in [-0.15, -0.1) is 0 Å². The fourth-order valence-electron chi connectivity index (χ4n) is 2.51. The van der Waals surface area contributed by atoms with Crippen LogP contribution >= 0.6 is 0 Å². The summed E-state index contributed by atoms with van der Waals surface area (Å²) >= 11 is 0. The smallest absolute Gasteiger partial charge is 0.170 e. The molecule has 1 aliphatic heterocycles. The Kier molecular flexibility index (Phi) is 4.27. The fourth-order valence-corrected chi connectivity index (χ4v) is 2.51. The second-order valence-electron chi connectivity index (χ2n) is 4.91. The van der Waals surface area contributed by atoms with E-state index in [-0.39, 0.29) is 5.84 Å². The summed E-state index contributed by atoms with van der Waals surface area (Å²) in [7, 11) is 0. The monoisotopic (exact) mass is 262 g/mol. The van der Waals surface area contributed by atoms with Crippen LogP contribution < -0.4 is 10.6 Å². The van der Waals surface area contributed by atoms with Gasteiger partial charge in [0.2, 0.25) is 0 Å². The van der Waals surface area contributed by atoms with E-state index < -0.39 is 0 Å². The Morgan fingerprint density at radius 3 is 2.53 bits per heavy atom. The van der Waals surface area contributed by atoms with Crippen molar-refractivity contribution in [1.82, 2.24) is 4.90 Å². The van der Waals surface area contributed by atoms with Gasteiger partial charge in [0.25, 0.3) is 0 Å². The van der Waals surface area contributed by atoms with Crippen LogP contribution in [0, 0.1) is 6.92 Å². The van der Waals surface area contributed by atoms with Gasteiger partial charge in [-0.25, -0.2) is 0 Å². The molecule has 5 nitrogen and oxygen atoms in total. The molecule has 1 saturated heterocycles. The van der Waals surface area contributed by atoms with E-state index in [1.807, 2.05) is 19.1 Å². The number of likely N-dealkylation sites (N-methyl/N-ethyl adjacent to an activating group) is 1. The van der Waals surface area contributed by atoms with Gasteiger partial charge in [-0.2, -0.15) is 0 Å². The van der Waals surface area contributed by atoms with Crippen LogP contribution in [0.1, 0.15) is 18.1 Å². The van der Waals surface area contributed by atoms with Crippen LogP contribution in [0.5, 0.6) is 0 Å². The number of hydrogen-bond acceptors (Lipinski definition) is 4. The van der Waals surface area contributed by atoms with Gasteiger partial charge >= 0.3 is 0 Å². The molecule has 0 spiro atoms. The molecule has 0 aliphatic carbocycles. The van der Waals surface area contributed by atoms with E-state index in [2.05, 4.69) is 27.9 Å². The molecule has 1 aromatic rings. The van der Waals surface area contributed by atoms with Crippen molar-refractivity contribution in [3.8, 4) is 0 Å². The van der Waals surface area contributed by atoms with Gasteiger partial charge in [0, 0.05) is 37.4 Å². The largest absolute Gasteiger partial charge is 0.409 e. The molecule has 1 aliphatic rings. The van der Waals surface area contributed by atoms with Crippen LogP contribution in [0.15, 0.2) is 23.4 Å². The number of nitrogens with zero attached hydrogens (tertiary/aromatic N) is 3. The minimum Gasteiger partial charge on any atom is -0.409 e. The summed E-state index contributed by atoms with van der Waals surface area (Å²) in [6.07, 6.45) is 0. The Bertz CT molecular complexity index is 465. The molecule has 0 unspecified atom stereocenters. The van der Waals surface area contributed by atoms with Gasteiger partial charge in [0.05, 0.1) is 0 Å². The number of oxime groups is 1. The number of aryl methyl sites for hydroxylation is 1. The normalized spacial score (nSPS) is 17.8. The van der Waals surface area contributed by atoms with Gasteiger partial charge in [0.1, 0.15) is 0 Å². The van der Waals surface area contributed by atoms with E-state index >= 15 is 0 Å². The van der Waals surface area contributed by atoms with Gasteiger partial charge in [0.15, 0.2) is 5.84 Å². The van der Waals surface area contributed by atoms with Crippen molar-refractivity contribution in [2.24, 2.45) is 10.9 Å². The van der Waals surface area contributed by atoms with Crippen molar-refractivity contribution in [2.75, 3.05) is 37.6 Å². The lowest BCUT2D eigenvalue weighted by Gasteiger charge is -2.35. The average Bonchev–Trinajstić information content (AvgIpc) is 2.46. The second-order valence-corrected chi connectivity index (χ2v) is 4.91. The van der Waals surface area contributed by atoms with Crippen LogP contribution in [0.3, 0.4) is 0 Å². The maximum absolute atomic E-state index is 8.73. The maximum atomic E-state index is 8.73. The van der Waals surface area contributed by atoms with E-state index in [0.717, 1.165) is 43.9 Å². The lowest BCUT2D eigenvalue weighted by Crippen LogP contribution is -2.46. The van der Waals surface area contributed by atoms with Crippen LogP contribution in [-0.2, 0) is 0 Å². The first-order chi connectivity index (χ1) is 9.15. The van der Waals surface area contributed by atoms with Gasteiger partial charge < -0.3 is 20.7 Å². The molecule has 0 atom stereocenters. The first kappa shape index (κ1) is 13.7. The first-order valence-corrected chi connectivity index (χ1v) is 6.71. The Balaban J connectivity index is 2.12. The summed E-state index contributed by atoms with van der Waals surface area (Å²) in [6, 6.07) is 6.07. The molecular weight excluding hydrogens is 240 g/mol. The summed E-state index contributed by atoms with van der Waals surface area (Å²) < 4.78 is 0. The number of rotatable bonds is 3. The van der Waals surface area contributed by atoms with E-state index in [0.29, 0.717) is 0 Å². The lowest BCUT2D eigenvalue weighted by atomic mass is 10.1. The number of amidine groups is 1. The first-order valence-electron chi connectivity index (χ1n) is 6.71. The Hall–Kier alpha value is -1.75. The SMILES string of the molecule is CCN1CCN(c2ccc(/C(N)=N/O)c(C)c2)CC1. The summed E-state index contributed by atoms with van der Waals surface area (Å²) in [6.45, 7) is 9.63. The highest BCUT2D eigenvalue weighted by Gasteiger charge is 2.16. The van der Waals surface area contributed by atoms with Crippen LogP contribution in [0.2, 0.25) is 0 Å². The van der Waals surface area contributed by atoms with E-state index in [9.17, 15) is 0 Å². The zero-order chi connectivity index (χ0) is 13.8. The second kappa shape index (κ2) is 5.93. The van der Waals surface area contributed by atoms with Crippen molar-refractivity contribution in [2.45, 2.75) is 13.8 Å². The fraction of sp³-hybridized carbons (Fsp3) is 0.500. The number of hydrogen-bond donors (Lipinski definition) is 2. The average molecular weight is 262 g/mol. The summed E-state index contributed by atoms with van der Waals surface area (Å²) in [5.74, 6) is 0.167. The molecule has 0 saturated carbocycles. The van der Waals surface area contributed by atoms with Gasteiger partial charge in [-0.3, -0.25) is 0 Å². The summed E-state index contributed by atoms with van der Waals surface area (Å²) in [4.78, 5) is 4.84. The number of piperazine rings is 1. The third kappa shape index (κ3) is 2.98. The van der Waals surface area contributed by atoms with Crippen molar-refractivity contribution in [1.29, 1.82) is 0 Å². The van der Waals surface area contributed by atoms with Crippen LogP contribution in [-0.4, -0.2) is 48.7 Å². The number of benzene rings is 1. The standard InChI is InChI=1S/C14H22N4O/c1-3-17-6-8-18(9-7-17)12-4-5-13(11(2)10-12)14(15)16-19/h4-5,10,19H,3,6-9H2,1-2H3,(H2,15,16). The molecule has 3 N–H and O–H groups in total. The lowest BCUT2D eigenvalue weighted by molar-refractivity contribution is 0.271. The predicted molar refractivity (Wildman–Crippen MR) is 78.0 cm³/mol. The Morgan fingerprint density at radius 2 is 2.00 bits per heavy atom. The van der Waals surface area contributed by atoms with Crippen LogP contribution in [0.25, 0.3) is 0 Å². The topological polar surface area (TPSA) is 65.1 Å². The summed E-state index contributed by atoms with van der Waals surface area (Å²) in [5, 5.41) is 11.8. The van der Waals surface area contributed by atoms with E-state index in [1.54, 1.807) is 0 Å². The zero-order valence-electron chi connectivity index (χ0n) is 11.6. The van der Waals surface area contributed by atoms with Crippen molar-refractivity contribution >= 4 is 11.5 Å². The number of anilines is 1. The molecule has 0 aromatic heterocycles. The molecule has 0 radical (unpaired) electrons. The molecule has 2 rings (SSSR count). The minimum atomic E-state index is 0.167. The van der Waals surface area contributed by atoms with Crippen molar-refractivity contribution in [3.05, 3.63) is 29.3 Å². The third-order valence-electron chi connectivity index (χ3n) is 3.78. The molecule has 1 fully saturated rings. The highest BCUT2D eigenvalue weighted by molar-refractivity contribution is 5.98. The molecular formula is C14H22N4O. The molecule has 1 heterocycles. The Morgan fingerprint density at radius 1 is 1.32 bits per heavy atom. The predicted octanol–water partition coefficient (Wildman–Crippen LogP) is 1.23. The Labute approximate surface area is 114 Å². The highest BCUT2D eigenvalue weighted by atomic mass is 16.4. The van der Waals surface area contributed by atoms with E-state index in [4.69, 9.17) is 10.9 Å². The molecule has 19 heavy (non-hydrogen) atoms. The van der Waals surface area contributed by atoms with Gasteiger partial charge in [-0.1, -0.05) is 12.1 Å². The summed E-state index contributed by atoms with van der Waals surface area (Å²) in [5.41, 5.74) is 8.67. The van der Waals surface area contributed by atoms with E-state index in [1.165, 1.54) is 5.69 Å². The molecule has 104 valence electrons. The molecule has 5 heteroatoms. The maximum Gasteiger partial charge on any atom is 0.170 e. The van der Waals surface area contributed by atoms with Gasteiger partial charge in [-0.05, 0) is 37.2 Å². The van der Waals surface area contributed by atoms with Crippen LogP contribution in [0.4, 0.5) is 5.69 Å². The quantitative estimate of drug-likeness (QED) is 0.372. The number of nitrogens with two attached hydrogens (primary N) is 1. The molecule has 0 bridgehead atoms. The van der Waals surface area contributed by atoms with Crippen molar-refractivity contribution in [3.63, 3.8) is 0 Å². The van der Waals surface area contributed by atoms with Crippen molar-refractivity contribution < 1.29 is 5.21 Å². The molecule has 0 amide bonds. The zero-order valence-corrected chi connectivity index (χ0v) is 11.6. The minimum absolute atomic E-state index is 0.167.